The number of aryl methyl sites for hydroxylation is 1. The van der Waals surface area contributed by atoms with Crippen LogP contribution in [0.1, 0.15) is 16.1 Å². The zero-order valence-corrected chi connectivity index (χ0v) is 12.8. The molecule has 2 aromatic heterocycles. The van der Waals surface area contributed by atoms with Crippen molar-refractivity contribution >= 4 is 34.3 Å². The van der Waals surface area contributed by atoms with Crippen molar-refractivity contribution in [3.8, 4) is 15.6 Å². The maximum absolute atomic E-state index is 12.2. The third-order valence-corrected chi connectivity index (χ3v) is 4.81. The Morgan fingerprint density at radius 3 is 2.86 bits per heavy atom. The summed E-state index contributed by atoms with van der Waals surface area (Å²) in [6, 6.07) is 8.76. The second-order valence-electron chi connectivity index (χ2n) is 4.47. The molecular weight excluding hydrogens is 304 g/mol. The van der Waals surface area contributed by atoms with E-state index in [2.05, 4.69) is 10.3 Å². The molecule has 0 unspecified atom stereocenters. The summed E-state index contributed by atoms with van der Waals surface area (Å²) in [7, 11) is 0. The number of aromatic nitrogens is 1. The quantitative estimate of drug-likeness (QED) is 0.714. The smallest absolute Gasteiger partial charge is 0.275 e. The predicted octanol–water partition coefficient (Wildman–Crippen LogP) is 4.14. The number of nitrogens with one attached hydrogen (secondary N) is 1. The molecular formula is C15H12N2O2S2. The highest BCUT2D eigenvalue weighted by atomic mass is 32.1. The zero-order valence-electron chi connectivity index (χ0n) is 11.2. The van der Waals surface area contributed by atoms with E-state index in [1.165, 1.54) is 11.3 Å². The molecule has 1 amide bonds. The van der Waals surface area contributed by atoms with Gasteiger partial charge in [0.25, 0.3) is 5.91 Å². The van der Waals surface area contributed by atoms with E-state index in [4.69, 9.17) is 0 Å². The number of anilines is 1. The summed E-state index contributed by atoms with van der Waals surface area (Å²) in [5.41, 5.74) is 1.87. The average molecular weight is 316 g/mol. The number of hydrogen-bond acceptors (Lipinski definition) is 5. The van der Waals surface area contributed by atoms with Crippen LogP contribution < -0.4 is 5.32 Å². The van der Waals surface area contributed by atoms with Crippen molar-refractivity contribution in [1.82, 2.24) is 4.98 Å². The van der Waals surface area contributed by atoms with Gasteiger partial charge >= 0.3 is 0 Å². The summed E-state index contributed by atoms with van der Waals surface area (Å²) in [6.45, 7) is 1.83. The van der Waals surface area contributed by atoms with Crippen molar-refractivity contribution in [2.24, 2.45) is 0 Å². The third-order valence-electron chi connectivity index (χ3n) is 2.93. The summed E-state index contributed by atoms with van der Waals surface area (Å²) in [5.74, 6) is -0.0676. The Morgan fingerprint density at radius 1 is 1.29 bits per heavy atom. The molecule has 2 heterocycles. The number of benzene rings is 1. The summed E-state index contributed by atoms with van der Waals surface area (Å²) in [4.78, 5) is 17.6. The molecule has 0 radical (unpaired) electrons. The summed E-state index contributed by atoms with van der Waals surface area (Å²) >= 11 is 3.05. The second-order valence-corrected chi connectivity index (χ2v) is 6.27. The van der Waals surface area contributed by atoms with Crippen LogP contribution >= 0.6 is 22.7 Å². The van der Waals surface area contributed by atoms with Crippen LogP contribution in [0, 0.1) is 6.92 Å². The van der Waals surface area contributed by atoms with E-state index >= 15 is 0 Å². The number of carbonyl (C=O) groups is 1. The van der Waals surface area contributed by atoms with E-state index in [1.54, 1.807) is 34.9 Å². The van der Waals surface area contributed by atoms with Crippen molar-refractivity contribution in [3.05, 3.63) is 52.3 Å². The molecule has 4 nitrogen and oxygen atoms in total. The molecule has 3 rings (SSSR count). The lowest BCUT2D eigenvalue weighted by atomic mass is 10.2. The lowest BCUT2D eigenvalue weighted by Crippen LogP contribution is -2.13. The summed E-state index contributed by atoms with van der Waals surface area (Å²) < 4.78 is 0. The Kier molecular flexibility index (Phi) is 3.72. The maximum atomic E-state index is 12.2. The molecule has 21 heavy (non-hydrogen) atoms. The van der Waals surface area contributed by atoms with Crippen LogP contribution in [0.3, 0.4) is 0 Å². The van der Waals surface area contributed by atoms with Crippen molar-refractivity contribution in [3.63, 3.8) is 0 Å². The van der Waals surface area contributed by atoms with Crippen LogP contribution in [-0.2, 0) is 0 Å². The maximum Gasteiger partial charge on any atom is 0.275 e. The number of nitrogens with zero attached hydrogens (tertiary/aromatic N) is 1. The Bertz CT molecular complexity index is 779. The molecule has 0 bridgehead atoms. The predicted molar refractivity (Wildman–Crippen MR) is 86.2 cm³/mol. The minimum Gasteiger partial charge on any atom is -0.508 e. The van der Waals surface area contributed by atoms with Gasteiger partial charge in [-0.1, -0.05) is 6.07 Å². The number of phenols is 1. The van der Waals surface area contributed by atoms with Crippen molar-refractivity contribution in [1.29, 1.82) is 0 Å². The fourth-order valence-corrected chi connectivity index (χ4v) is 3.48. The highest BCUT2D eigenvalue weighted by Crippen LogP contribution is 2.28. The molecule has 3 aromatic rings. The summed E-state index contributed by atoms with van der Waals surface area (Å²) in [5, 5.41) is 16.8. The van der Waals surface area contributed by atoms with Gasteiger partial charge in [-0.2, -0.15) is 0 Å². The monoisotopic (exact) mass is 316 g/mol. The Labute approximate surface area is 129 Å². The molecule has 0 fully saturated rings. The Balaban J connectivity index is 1.79. The van der Waals surface area contributed by atoms with E-state index in [0.29, 0.717) is 11.4 Å². The molecule has 2 N–H and O–H groups in total. The molecule has 6 heteroatoms. The van der Waals surface area contributed by atoms with Gasteiger partial charge in [0, 0.05) is 11.1 Å². The SMILES string of the molecule is Cc1cc(O)ccc1NC(=O)c1csc(-c2cccs2)n1. The first-order chi connectivity index (χ1) is 10.1. The van der Waals surface area contributed by atoms with Gasteiger partial charge in [-0.05, 0) is 42.1 Å². The van der Waals surface area contributed by atoms with E-state index in [-0.39, 0.29) is 11.7 Å². The molecule has 0 saturated heterocycles. The van der Waals surface area contributed by atoms with Gasteiger partial charge in [-0.25, -0.2) is 4.98 Å². The first-order valence-corrected chi connectivity index (χ1v) is 8.00. The van der Waals surface area contributed by atoms with Gasteiger partial charge in [0.1, 0.15) is 16.5 Å². The average Bonchev–Trinajstić information content (AvgIpc) is 3.10. The fourth-order valence-electron chi connectivity index (χ4n) is 1.87. The largest absolute Gasteiger partial charge is 0.508 e. The molecule has 0 aliphatic rings. The lowest BCUT2D eigenvalue weighted by molar-refractivity contribution is 0.102. The van der Waals surface area contributed by atoms with Crippen LogP contribution in [0.2, 0.25) is 0 Å². The third kappa shape index (κ3) is 2.96. The van der Waals surface area contributed by atoms with Gasteiger partial charge in [-0.3, -0.25) is 4.79 Å². The van der Waals surface area contributed by atoms with Gasteiger partial charge in [0.15, 0.2) is 0 Å². The van der Waals surface area contributed by atoms with E-state index in [1.807, 2.05) is 24.4 Å². The van der Waals surface area contributed by atoms with Crippen molar-refractivity contribution < 1.29 is 9.90 Å². The number of phenolic OH excluding ortho intramolecular Hbond substituents is 1. The lowest BCUT2D eigenvalue weighted by Gasteiger charge is -2.07. The zero-order chi connectivity index (χ0) is 14.8. The topological polar surface area (TPSA) is 62.2 Å². The standard InChI is InChI=1S/C15H12N2O2S2/c1-9-7-10(18)4-5-11(9)16-14(19)12-8-21-15(17-12)13-3-2-6-20-13/h2-8,18H,1H3,(H,16,19). The fraction of sp³-hybridized carbons (Fsp3) is 0.0667. The second kappa shape index (κ2) is 5.67. The van der Waals surface area contributed by atoms with Crippen LogP contribution in [0.5, 0.6) is 5.75 Å². The number of thiophene rings is 1. The first kappa shape index (κ1) is 13.8. The van der Waals surface area contributed by atoms with Crippen LogP contribution in [0.25, 0.3) is 9.88 Å². The molecule has 0 atom stereocenters. The van der Waals surface area contributed by atoms with Gasteiger partial charge in [0.2, 0.25) is 0 Å². The number of rotatable bonds is 3. The van der Waals surface area contributed by atoms with Crippen LogP contribution in [-0.4, -0.2) is 16.0 Å². The van der Waals surface area contributed by atoms with Gasteiger partial charge in [-0.15, -0.1) is 22.7 Å². The number of hydrogen-bond donors (Lipinski definition) is 2. The highest BCUT2D eigenvalue weighted by molar-refractivity contribution is 7.20. The van der Waals surface area contributed by atoms with E-state index < -0.39 is 0 Å². The molecule has 0 aliphatic carbocycles. The number of aromatic hydroxyl groups is 1. The van der Waals surface area contributed by atoms with Crippen molar-refractivity contribution in [2.45, 2.75) is 6.92 Å². The summed E-state index contributed by atoms with van der Waals surface area (Å²) in [6.07, 6.45) is 0. The first-order valence-electron chi connectivity index (χ1n) is 6.24. The van der Waals surface area contributed by atoms with Gasteiger partial charge in [0.05, 0.1) is 4.88 Å². The Hall–Kier alpha value is -2.18. The number of amides is 1. The molecule has 0 saturated carbocycles. The number of carbonyl (C=O) groups excluding carboxylic acids is 1. The van der Waals surface area contributed by atoms with E-state index in [9.17, 15) is 9.90 Å². The van der Waals surface area contributed by atoms with Crippen molar-refractivity contribution in [2.75, 3.05) is 5.32 Å². The van der Waals surface area contributed by atoms with Crippen LogP contribution in [0.4, 0.5) is 5.69 Å². The highest BCUT2D eigenvalue weighted by Gasteiger charge is 2.13. The minimum absolute atomic E-state index is 0.180. The Morgan fingerprint density at radius 2 is 2.14 bits per heavy atom. The van der Waals surface area contributed by atoms with Gasteiger partial charge < -0.3 is 10.4 Å². The molecule has 0 aliphatic heterocycles. The van der Waals surface area contributed by atoms with Crippen LogP contribution in [0.15, 0.2) is 41.1 Å². The minimum atomic E-state index is -0.247. The number of thiazole rings is 1. The molecule has 1 aromatic carbocycles. The van der Waals surface area contributed by atoms with E-state index in [0.717, 1.165) is 15.4 Å². The molecule has 106 valence electrons. The molecule has 0 spiro atoms. The normalized spacial score (nSPS) is 10.5.